The Kier molecular flexibility index (Phi) is 3.53. The maximum atomic E-state index is 11.4. The van der Waals surface area contributed by atoms with E-state index in [0.717, 1.165) is 46.4 Å². The molecule has 1 aromatic heterocycles. The predicted molar refractivity (Wildman–Crippen MR) is 78.4 cm³/mol. The molecule has 106 valence electrons. The summed E-state index contributed by atoms with van der Waals surface area (Å²) in [6, 6.07) is 3.84. The third-order valence-electron chi connectivity index (χ3n) is 3.36. The summed E-state index contributed by atoms with van der Waals surface area (Å²) in [5.74, 6) is 0.588. The standard InChI is InChI=1S/C15H16O4S/c1-2-4-9-10-7-11-12(19-6-3-5-18-11)8-13(10)20-14(9)15(16)17/h7-8H,2-6H2,1H3,(H,16,17). The Bertz CT molecular complexity index is 659. The molecule has 0 aliphatic carbocycles. The highest BCUT2D eigenvalue weighted by atomic mass is 32.1. The summed E-state index contributed by atoms with van der Waals surface area (Å²) in [4.78, 5) is 11.8. The van der Waals surface area contributed by atoms with Gasteiger partial charge in [0.2, 0.25) is 0 Å². The second-order valence-corrected chi connectivity index (χ2v) is 5.86. The number of aryl methyl sites for hydroxylation is 1. The van der Waals surface area contributed by atoms with E-state index >= 15 is 0 Å². The first kappa shape index (κ1) is 13.2. The van der Waals surface area contributed by atoms with Gasteiger partial charge in [-0.05, 0) is 18.1 Å². The molecule has 1 aliphatic rings. The van der Waals surface area contributed by atoms with Gasteiger partial charge >= 0.3 is 5.97 Å². The lowest BCUT2D eigenvalue weighted by atomic mass is 10.1. The lowest BCUT2D eigenvalue weighted by Gasteiger charge is -2.07. The van der Waals surface area contributed by atoms with Crippen LogP contribution in [-0.4, -0.2) is 24.3 Å². The summed E-state index contributed by atoms with van der Waals surface area (Å²) < 4.78 is 12.3. The normalized spacial score (nSPS) is 14.2. The molecule has 1 aromatic carbocycles. The summed E-state index contributed by atoms with van der Waals surface area (Å²) in [5.41, 5.74) is 0.913. The van der Waals surface area contributed by atoms with Gasteiger partial charge in [0.15, 0.2) is 11.5 Å². The molecule has 0 bridgehead atoms. The molecule has 0 saturated carbocycles. The number of fused-ring (bicyclic) bond motifs is 2. The third kappa shape index (κ3) is 2.22. The molecule has 1 aliphatic heterocycles. The van der Waals surface area contributed by atoms with Crippen molar-refractivity contribution in [1.29, 1.82) is 0 Å². The highest BCUT2D eigenvalue weighted by Gasteiger charge is 2.20. The Morgan fingerprint density at radius 1 is 1.30 bits per heavy atom. The molecule has 3 rings (SSSR count). The number of aromatic carboxylic acids is 1. The van der Waals surface area contributed by atoms with E-state index in [2.05, 4.69) is 6.92 Å². The number of carbonyl (C=O) groups is 1. The van der Waals surface area contributed by atoms with Crippen LogP contribution >= 0.6 is 11.3 Å². The number of rotatable bonds is 3. The summed E-state index contributed by atoms with van der Waals surface area (Å²) in [6.07, 6.45) is 2.55. The molecule has 0 saturated heterocycles. The second-order valence-electron chi connectivity index (χ2n) is 4.81. The fourth-order valence-electron chi connectivity index (χ4n) is 2.48. The molecule has 0 fully saturated rings. The fourth-order valence-corrected chi connectivity index (χ4v) is 3.58. The monoisotopic (exact) mass is 292 g/mol. The first-order valence-electron chi connectivity index (χ1n) is 6.79. The molecule has 0 atom stereocenters. The average Bonchev–Trinajstić information content (AvgIpc) is 2.62. The molecule has 0 spiro atoms. The predicted octanol–water partition coefficient (Wildman–Crippen LogP) is 3.71. The Hall–Kier alpha value is -1.75. The number of thiophene rings is 1. The van der Waals surface area contributed by atoms with Crippen LogP contribution in [0.1, 0.15) is 35.0 Å². The summed E-state index contributed by atoms with van der Waals surface area (Å²) in [5, 5.41) is 10.3. The molecule has 5 heteroatoms. The Labute approximate surface area is 120 Å². The number of hydrogen-bond acceptors (Lipinski definition) is 4. The van der Waals surface area contributed by atoms with E-state index in [0.29, 0.717) is 18.1 Å². The molecule has 0 radical (unpaired) electrons. The smallest absolute Gasteiger partial charge is 0.346 e. The van der Waals surface area contributed by atoms with E-state index in [4.69, 9.17) is 9.47 Å². The SMILES string of the molecule is CCCc1c(C(=O)O)sc2cc3c(cc12)OCCCO3. The maximum Gasteiger partial charge on any atom is 0.346 e. The van der Waals surface area contributed by atoms with E-state index in [-0.39, 0.29) is 0 Å². The topological polar surface area (TPSA) is 55.8 Å². The van der Waals surface area contributed by atoms with Crippen molar-refractivity contribution in [2.24, 2.45) is 0 Å². The first-order chi connectivity index (χ1) is 9.70. The second kappa shape index (κ2) is 5.32. The van der Waals surface area contributed by atoms with Crippen LogP contribution in [0.3, 0.4) is 0 Å². The van der Waals surface area contributed by atoms with Crippen molar-refractivity contribution in [1.82, 2.24) is 0 Å². The zero-order chi connectivity index (χ0) is 14.1. The van der Waals surface area contributed by atoms with Gasteiger partial charge in [0.25, 0.3) is 0 Å². The van der Waals surface area contributed by atoms with E-state index in [1.165, 1.54) is 11.3 Å². The lowest BCUT2D eigenvalue weighted by Crippen LogP contribution is -1.98. The van der Waals surface area contributed by atoms with Crippen molar-refractivity contribution in [3.05, 3.63) is 22.6 Å². The van der Waals surface area contributed by atoms with Gasteiger partial charge in [-0.1, -0.05) is 13.3 Å². The maximum absolute atomic E-state index is 11.4. The van der Waals surface area contributed by atoms with E-state index in [9.17, 15) is 9.90 Å². The molecule has 20 heavy (non-hydrogen) atoms. The lowest BCUT2D eigenvalue weighted by molar-refractivity contribution is 0.0701. The van der Waals surface area contributed by atoms with Crippen molar-refractivity contribution in [3.8, 4) is 11.5 Å². The van der Waals surface area contributed by atoms with Gasteiger partial charge < -0.3 is 14.6 Å². The minimum absolute atomic E-state index is 0.432. The summed E-state index contributed by atoms with van der Waals surface area (Å²) >= 11 is 1.32. The van der Waals surface area contributed by atoms with E-state index < -0.39 is 5.97 Å². The molecule has 2 heterocycles. The minimum atomic E-state index is -0.855. The van der Waals surface area contributed by atoms with E-state index in [1.54, 1.807) is 0 Å². The van der Waals surface area contributed by atoms with Crippen LogP contribution in [0.5, 0.6) is 11.5 Å². The Morgan fingerprint density at radius 3 is 2.65 bits per heavy atom. The summed E-state index contributed by atoms with van der Waals surface area (Å²) in [7, 11) is 0. The first-order valence-corrected chi connectivity index (χ1v) is 7.60. The molecule has 0 unspecified atom stereocenters. The largest absolute Gasteiger partial charge is 0.490 e. The van der Waals surface area contributed by atoms with Crippen molar-refractivity contribution >= 4 is 27.4 Å². The van der Waals surface area contributed by atoms with Gasteiger partial charge in [0, 0.05) is 22.6 Å². The Balaban J connectivity index is 2.20. The van der Waals surface area contributed by atoms with Crippen LogP contribution in [0.4, 0.5) is 0 Å². The zero-order valence-corrected chi connectivity index (χ0v) is 12.1. The number of carboxylic acid groups (broad SMARTS) is 1. The number of benzene rings is 1. The van der Waals surface area contributed by atoms with Crippen LogP contribution in [-0.2, 0) is 6.42 Å². The van der Waals surface area contributed by atoms with Gasteiger partial charge in [-0.2, -0.15) is 0 Å². The fraction of sp³-hybridized carbons (Fsp3) is 0.400. The molecular weight excluding hydrogens is 276 g/mol. The number of hydrogen-bond donors (Lipinski definition) is 1. The van der Waals surface area contributed by atoms with Crippen LogP contribution < -0.4 is 9.47 Å². The Morgan fingerprint density at radius 2 is 2.00 bits per heavy atom. The zero-order valence-electron chi connectivity index (χ0n) is 11.3. The van der Waals surface area contributed by atoms with Gasteiger partial charge in [-0.3, -0.25) is 0 Å². The van der Waals surface area contributed by atoms with Gasteiger partial charge in [-0.25, -0.2) is 4.79 Å². The van der Waals surface area contributed by atoms with Crippen LogP contribution in [0, 0.1) is 0 Å². The summed E-state index contributed by atoms with van der Waals surface area (Å²) in [6.45, 7) is 3.33. The molecular formula is C15H16O4S. The molecule has 4 nitrogen and oxygen atoms in total. The van der Waals surface area contributed by atoms with Crippen molar-refractivity contribution in [2.75, 3.05) is 13.2 Å². The van der Waals surface area contributed by atoms with Crippen molar-refractivity contribution in [3.63, 3.8) is 0 Å². The molecule has 0 amide bonds. The molecule has 2 aromatic rings. The quantitative estimate of drug-likeness (QED) is 0.937. The minimum Gasteiger partial charge on any atom is -0.490 e. The number of carboxylic acids is 1. The van der Waals surface area contributed by atoms with Gasteiger partial charge in [-0.15, -0.1) is 11.3 Å². The van der Waals surface area contributed by atoms with Crippen LogP contribution in [0.2, 0.25) is 0 Å². The van der Waals surface area contributed by atoms with Crippen molar-refractivity contribution < 1.29 is 19.4 Å². The molecule has 1 N–H and O–H groups in total. The van der Waals surface area contributed by atoms with E-state index in [1.807, 2.05) is 12.1 Å². The average molecular weight is 292 g/mol. The van der Waals surface area contributed by atoms with Gasteiger partial charge in [0.05, 0.1) is 13.2 Å². The van der Waals surface area contributed by atoms with Crippen molar-refractivity contribution in [2.45, 2.75) is 26.2 Å². The van der Waals surface area contributed by atoms with Crippen LogP contribution in [0.25, 0.3) is 10.1 Å². The van der Waals surface area contributed by atoms with Crippen LogP contribution in [0.15, 0.2) is 12.1 Å². The third-order valence-corrected chi connectivity index (χ3v) is 4.54. The highest BCUT2D eigenvalue weighted by molar-refractivity contribution is 7.21. The highest BCUT2D eigenvalue weighted by Crippen LogP contribution is 2.40. The number of ether oxygens (including phenoxy) is 2. The van der Waals surface area contributed by atoms with Gasteiger partial charge in [0.1, 0.15) is 4.88 Å².